The van der Waals surface area contributed by atoms with E-state index in [9.17, 15) is 9.59 Å². The summed E-state index contributed by atoms with van der Waals surface area (Å²) in [7, 11) is 0. The lowest BCUT2D eigenvalue weighted by Crippen LogP contribution is -2.42. The molecule has 21 heavy (non-hydrogen) atoms. The van der Waals surface area contributed by atoms with E-state index in [0.717, 1.165) is 29.2 Å². The fourth-order valence-corrected chi connectivity index (χ4v) is 4.40. The fourth-order valence-electron chi connectivity index (χ4n) is 3.52. The molecule has 0 aliphatic carbocycles. The van der Waals surface area contributed by atoms with Crippen molar-refractivity contribution < 1.29 is 9.59 Å². The molecule has 3 atom stereocenters. The highest BCUT2D eigenvalue weighted by molar-refractivity contribution is 7.17. The summed E-state index contributed by atoms with van der Waals surface area (Å²) in [6, 6.07) is 6.81. The Kier molecular flexibility index (Phi) is 3.05. The van der Waals surface area contributed by atoms with Crippen LogP contribution in [0.2, 0.25) is 0 Å². The Hall–Kier alpha value is -1.72. The summed E-state index contributed by atoms with van der Waals surface area (Å²) in [6.07, 6.45) is 4.24. The van der Waals surface area contributed by atoms with Crippen LogP contribution in [0.1, 0.15) is 40.0 Å². The molecule has 2 fully saturated rings. The van der Waals surface area contributed by atoms with Gasteiger partial charge >= 0.3 is 0 Å². The summed E-state index contributed by atoms with van der Waals surface area (Å²) in [5.41, 5.74) is 1.29. The number of aldehydes is 1. The third kappa shape index (κ3) is 2.17. The molecule has 4 nitrogen and oxygen atoms in total. The van der Waals surface area contributed by atoms with Crippen LogP contribution in [0.25, 0.3) is 10.1 Å². The SMILES string of the molecule is O=Cc1csc2ccc(C(=O)N[C@@H]3C[C@H]4CC[C@@H]3N4)cc12. The second kappa shape index (κ2) is 4.93. The average molecular weight is 300 g/mol. The Morgan fingerprint density at radius 2 is 2.29 bits per heavy atom. The van der Waals surface area contributed by atoms with E-state index < -0.39 is 0 Å². The van der Waals surface area contributed by atoms with E-state index in [1.54, 1.807) is 0 Å². The minimum Gasteiger partial charge on any atom is -0.348 e. The Labute approximate surface area is 126 Å². The number of fused-ring (bicyclic) bond motifs is 3. The maximum absolute atomic E-state index is 12.4. The fraction of sp³-hybridized carbons (Fsp3) is 0.375. The first-order chi connectivity index (χ1) is 10.2. The van der Waals surface area contributed by atoms with E-state index in [0.29, 0.717) is 23.2 Å². The first kappa shape index (κ1) is 13.0. The van der Waals surface area contributed by atoms with Gasteiger partial charge in [-0.15, -0.1) is 11.3 Å². The van der Waals surface area contributed by atoms with E-state index in [1.807, 2.05) is 23.6 Å². The molecule has 2 aromatic rings. The molecule has 5 heteroatoms. The molecule has 2 aliphatic rings. The second-order valence-electron chi connectivity index (χ2n) is 5.88. The van der Waals surface area contributed by atoms with Gasteiger partial charge in [-0.2, -0.15) is 0 Å². The van der Waals surface area contributed by atoms with Crippen LogP contribution in [-0.4, -0.2) is 30.3 Å². The highest BCUT2D eigenvalue weighted by atomic mass is 32.1. The Morgan fingerprint density at radius 3 is 3.00 bits per heavy atom. The van der Waals surface area contributed by atoms with E-state index in [2.05, 4.69) is 10.6 Å². The van der Waals surface area contributed by atoms with Crippen LogP contribution in [0.5, 0.6) is 0 Å². The zero-order valence-electron chi connectivity index (χ0n) is 11.5. The van der Waals surface area contributed by atoms with Crippen molar-refractivity contribution in [2.24, 2.45) is 0 Å². The second-order valence-corrected chi connectivity index (χ2v) is 6.79. The molecule has 2 bridgehead atoms. The molecule has 0 saturated carbocycles. The van der Waals surface area contributed by atoms with Crippen LogP contribution in [0.3, 0.4) is 0 Å². The van der Waals surface area contributed by atoms with Crippen molar-refractivity contribution in [1.82, 2.24) is 10.6 Å². The number of hydrogen-bond donors (Lipinski definition) is 2. The van der Waals surface area contributed by atoms with Gasteiger partial charge in [0.05, 0.1) is 0 Å². The molecular weight excluding hydrogens is 284 g/mol. The first-order valence-electron chi connectivity index (χ1n) is 7.28. The molecule has 0 radical (unpaired) electrons. The highest BCUT2D eigenvalue weighted by Crippen LogP contribution is 2.29. The molecule has 108 valence electrons. The van der Waals surface area contributed by atoms with E-state index in [-0.39, 0.29) is 11.9 Å². The number of hydrogen-bond acceptors (Lipinski definition) is 4. The molecule has 2 N–H and O–H groups in total. The van der Waals surface area contributed by atoms with Gasteiger partial charge < -0.3 is 10.6 Å². The van der Waals surface area contributed by atoms with E-state index in [1.165, 1.54) is 17.8 Å². The maximum Gasteiger partial charge on any atom is 0.251 e. The molecule has 2 saturated heterocycles. The molecule has 3 heterocycles. The molecule has 1 aromatic heterocycles. The molecule has 1 amide bonds. The van der Waals surface area contributed by atoms with Gasteiger partial charge in [0.2, 0.25) is 0 Å². The zero-order chi connectivity index (χ0) is 14.4. The number of nitrogens with one attached hydrogen (secondary N) is 2. The average Bonchev–Trinajstić information content (AvgIpc) is 3.21. The topological polar surface area (TPSA) is 58.2 Å². The van der Waals surface area contributed by atoms with Crippen LogP contribution in [0.15, 0.2) is 23.6 Å². The van der Waals surface area contributed by atoms with Crippen molar-refractivity contribution in [1.29, 1.82) is 0 Å². The normalized spacial score (nSPS) is 27.1. The smallest absolute Gasteiger partial charge is 0.251 e. The number of thiophene rings is 1. The number of amides is 1. The summed E-state index contributed by atoms with van der Waals surface area (Å²) in [6.45, 7) is 0. The Morgan fingerprint density at radius 1 is 1.38 bits per heavy atom. The van der Waals surface area contributed by atoms with E-state index in [4.69, 9.17) is 0 Å². The number of rotatable bonds is 3. The Bertz CT molecular complexity index is 724. The quantitative estimate of drug-likeness (QED) is 0.855. The standard InChI is InChI=1S/C16H16N2O2S/c19-7-10-8-21-15-4-1-9(5-12(10)15)16(20)18-14-6-11-2-3-13(14)17-11/h1,4-5,7-8,11,13-14,17H,2-3,6H2,(H,18,20)/t11-,13+,14-/m1/s1. The molecule has 2 aliphatic heterocycles. The predicted octanol–water partition coefficient (Wildman–Crippen LogP) is 2.34. The van der Waals surface area contributed by atoms with Gasteiger partial charge in [-0.25, -0.2) is 0 Å². The predicted molar refractivity (Wildman–Crippen MR) is 83.0 cm³/mol. The van der Waals surface area contributed by atoms with Crippen molar-refractivity contribution in [3.05, 3.63) is 34.7 Å². The van der Waals surface area contributed by atoms with Gasteiger partial charge in [-0.05, 0) is 37.5 Å². The lowest BCUT2D eigenvalue weighted by atomic mass is 9.95. The summed E-state index contributed by atoms with van der Waals surface area (Å²) in [5.74, 6) is -0.0423. The zero-order valence-corrected chi connectivity index (χ0v) is 12.3. The van der Waals surface area contributed by atoms with Crippen molar-refractivity contribution in [2.75, 3.05) is 0 Å². The molecule has 4 rings (SSSR count). The maximum atomic E-state index is 12.4. The largest absolute Gasteiger partial charge is 0.348 e. The summed E-state index contributed by atoms with van der Waals surface area (Å²) >= 11 is 1.53. The minimum absolute atomic E-state index is 0.0423. The van der Waals surface area contributed by atoms with Crippen LogP contribution in [-0.2, 0) is 0 Å². The third-order valence-corrected chi connectivity index (χ3v) is 5.59. The van der Waals surface area contributed by atoms with Crippen LogP contribution in [0.4, 0.5) is 0 Å². The molecular formula is C16H16N2O2S. The first-order valence-corrected chi connectivity index (χ1v) is 8.16. The Balaban J connectivity index is 1.57. The monoisotopic (exact) mass is 300 g/mol. The van der Waals surface area contributed by atoms with Gasteiger partial charge in [0, 0.05) is 44.7 Å². The highest BCUT2D eigenvalue weighted by Gasteiger charge is 2.39. The summed E-state index contributed by atoms with van der Waals surface area (Å²) in [4.78, 5) is 23.4. The molecule has 0 spiro atoms. The van der Waals surface area contributed by atoms with Crippen molar-refractivity contribution in [3.8, 4) is 0 Å². The number of carbonyl (C=O) groups is 2. The van der Waals surface area contributed by atoms with Gasteiger partial charge in [0.25, 0.3) is 5.91 Å². The third-order valence-electron chi connectivity index (χ3n) is 4.61. The van der Waals surface area contributed by atoms with Crippen molar-refractivity contribution >= 4 is 33.6 Å². The lowest BCUT2D eigenvalue weighted by Gasteiger charge is -2.21. The van der Waals surface area contributed by atoms with Gasteiger partial charge in [0.15, 0.2) is 6.29 Å². The molecule has 1 aromatic carbocycles. The van der Waals surface area contributed by atoms with Crippen LogP contribution >= 0.6 is 11.3 Å². The van der Waals surface area contributed by atoms with E-state index >= 15 is 0 Å². The number of carbonyl (C=O) groups excluding carboxylic acids is 2. The molecule has 0 unspecified atom stereocenters. The van der Waals surface area contributed by atoms with Crippen LogP contribution in [0, 0.1) is 0 Å². The van der Waals surface area contributed by atoms with Crippen LogP contribution < -0.4 is 10.6 Å². The van der Waals surface area contributed by atoms with Gasteiger partial charge in [-0.3, -0.25) is 9.59 Å². The lowest BCUT2D eigenvalue weighted by molar-refractivity contribution is 0.0930. The van der Waals surface area contributed by atoms with Gasteiger partial charge in [0.1, 0.15) is 0 Å². The number of benzene rings is 1. The van der Waals surface area contributed by atoms with Gasteiger partial charge in [-0.1, -0.05) is 0 Å². The minimum atomic E-state index is -0.0423. The van der Waals surface area contributed by atoms with Crippen molar-refractivity contribution in [3.63, 3.8) is 0 Å². The summed E-state index contributed by atoms with van der Waals surface area (Å²) in [5, 5.41) is 9.36. The van der Waals surface area contributed by atoms with Crippen molar-refractivity contribution in [2.45, 2.75) is 37.4 Å². The summed E-state index contributed by atoms with van der Waals surface area (Å²) < 4.78 is 1.04.